The van der Waals surface area contributed by atoms with E-state index in [0.717, 1.165) is 27.8 Å². The van der Waals surface area contributed by atoms with Crippen LogP contribution in [0.1, 0.15) is 25.7 Å². The van der Waals surface area contributed by atoms with Crippen molar-refractivity contribution >= 4 is 16.6 Å². The minimum atomic E-state index is 0.542. The van der Waals surface area contributed by atoms with Crippen molar-refractivity contribution < 1.29 is 0 Å². The first-order valence-electron chi connectivity index (χ1n) is 7.99. The van der Waals surface area contributed by atoms with Gasteiger partial charge in [0.2, 0.25) is 0 Å². The van der Waals surface area contributed by atoms with Crippen LogP contribution in [0.3, 0.4) is 0 Å². The molecule has 3 aromatic rings. The van der Waals surface area contributed by atoms with E-state index in [4.69, 9.17) is 0 Å². The molecule has 0 unspecified atom stereocenters. The van der Waals surface area contributed by atoms with Gasteiger partial charge in [0.05, 0.1) is 0 Å². The highest BCUT2D eigenvalue weighted by atomic mass is 15.2. The van der Waals surface area contributed by atoms with Crippen LogP contribution < -0.4 is 5.32 Å². The Labute approximate surface area is 130 Å². The van der Waals surface area contributed by atoms with Gasteiger partial charge in [-0.3, -0.25) is 0 Å². The molecule has 1 heterocycles. The molecule has 1 aromatic heterocycles. The number of rotatable bonds is 3. The van der Waals surface area contributed by atoms with Crippen molar-refractivity contribution in [3.8, 4) is 11.3 Å². The Morgan fingerprint density at radius 1 is 0.773 bits per heavy atom. The number of anilines is 1. The van der Waals surface area contributed by atoms with Crippen molar-refractivity contribution in [2.24, 2.45) is 0 Å². The third-order valence-corrected chi connectivity index (χ3v) is 4.43. The van der Waals surface area contributed by atoms with Crippen LogP contribution in [0.15, 0.2) is 54.6 Å². The lowest BCUT2D eigenvalue weighted by molar-refractivity contribution is 0.748. The van der Waals surface area contributed by atoms with Crippen molar-refractivity contribution in [1.29, 1.82) is 0 Å². The zero-order valence-corrected chi connectivity index (χ0v) is 12.5. The largest absolute Gasteiger partial charge is 0.365 e. The van der Waals surface area contributed by atoms with E-state index in [2.05, 4.69) is 51.9 Å². The van der Waals surface area contributed by atoms with Crippen molar-refractivity contribution in [3.63, 3.8) is 0 Å². The number of nitrogens with one attached hydrogen (secondary N) is 1. The predicted octanol–water partition coefficient (Wildman–Crippen LogP) is 4.65. The van der Waals surface area contributed by atoms with Crippen LogP contribution in [0.5, 0.6) is 0 Å². The number of nitrogens with zero attached hydrogens (tertiary/aromatic N) is 2. The summed E-state index contributed by atoms with van der Waals surface area (Å²) in [5, 5.41) is 14.9. The minimum absolute atomic E-state index is 0.542. The molecule has 4 rings (SSSR count). The molecule has 0 atom stereocenters. The van der Waals surface area contributed by atoms with Gasteiger partial charge in [-0.2, -0.15) is 0 Å². The van der Waals surface area contributed by atoms with Gasteiger partial charge in [0.25, 0.3) is 0 Å². The molecular weight excluding hydrogens is 270 g/mol. The number of hydrogen-bond donors (Lipinski definition) is 1. The third kappa shape index (κ3) is 2.43. The summed E-state index contributed by atoms with van der Waals surface area (Å²) >= 11 is 0. The highest BCUT2D eigenvalue weighted by molar-refractivity contribution is 6.00. The van der Waals surface area contributed by atoms with Crippen LogP contribution in [-0.2, 0) is 0 Å². The summed E-state index contributed by atoms with van der Waals surface area (Å²) in [6.45, 7) is 0. The molecule has 0 radical (unpaired) electrons. The van der Waals surface area contributed by atoms with E-state index in [1.165, 1.54) is 25.7 Å². The first kappa shape index (κ1) is 13.3. The molecule has 0 spiro atoms. The molecule has 1 aliphatic rings. The molecule has 110 valence electrons. The Morgan fingerprint density at radius 3 is 2.23 bits per heavy atom. The smallest absolute Gasteiger partial charge is 0.156 e. The molecule has 3 heteroatoms. The van der Waals surface area contributed by atoms with Gasteiger partial charge in [-0.1, -0.05) is 67.4 Å². The second-order valence-corrected chi connectivity index (χ2v) is 5.93. The predicted molar refractivity (Wildman–Crippen MR) is 90.9 cm³/mol. The molecule has 0 aliphatic heterocycles. The number of fused-ring (bicyclic) bond motifs is 1. The Kier molecular flexibility index (Phi) is 3.47. The summed E-state index contributed by atoms with van der Waals surface area (Å²) in [5.74, 6) is 0.919. The molecule has 22 heavy (non-hydrogen) atoms. The summed E-state index contributed by atoms with van der Waals surface area (Å²) in [4.78, 5) is 0. The molecule has 3 nitrogen and oxygen atoms in total. The number of hydrogen-bond acceptors (Lipinski definition) is 3. The van der Waals surface area contributed by atoms with Crippen LogP contribution >= 0.6 is 0 Å². The van der Waals surface area contributed by atoms with E-state index >= 15 is 0 Å². The van der Waals surface area contributed by atoms with Crippen LogP contribution in [0.2, 0.25) is 0 Å². The molecular formula is C19H19N3. The minimum Gasteiger partial charge on any atom is -0.365 e. The van der Waals surface area contributed by atoms with Crippen molar-refractivity contribution in [1.82, 2.24) is 10.2 Å². The van der Waals surface area contributed by atoms with Gasteiger partial charge in [0.1, 0.15) is 5.69 Å². The average molecular weight is 289 g/mol. The van der Waals surface area contributed by atoms with E-state index in [0.29, 0.717) is 6.04 Å². The Hall–Kier alpha value is -2.42. The lowest BCUT2D eigenvalue weighted by Crippen LogP contribution is -2.16. The van der Waals surface area contributed by atoms with E-state index in [1.807, 2.05) is 18.2 Å². The average Bonchev–Trinajstić information content (AvgIpc) is 3.09. The van der Waals surface area contributed by atoms with E-state index in [1.54, 1.807) is 0 Å². The maximum absolute atomic E-state index is 4.51. The van der Waals surface area contributed by atoms with Crippen molar-refractivity contribution in [3.05, 3.63) is 54.6 Å². The zero-order valence-electron chi connectivity index (χ0n) is 12.5. The fraction of sp³-hybridized carbons (Fsp3) is 0.263. The van der Waals surface area contributed by atoms with Crippen molar-refractivity contribution in [2.45, 2.75) is 31.7 Å². The highest BCUT2D eigenvalue weighted by Crippen LogP contribution is 2.31. The summed E-state index contributed by atoms with van der Waals surface area (Å²) in [6, 6.07) is 19.2. The van der Waals surface area contributed by atoms with Gasteiger partial charge in [-0.05, 0) is 12.8 Å². The molecule has 2 aromatic carbocycles. The van der Waals surface area contributed by atoms with Gasteiger partial charge >= 0.3 is 0 Å². The van der Waals surface area contributed by atoms with E-state index in [-0.39, 0.29) is 0 Å². The monoisotopic (exact) mass is 289 g/mol. The lowest BCUT2D eigenvalue weighted by atomic mass is 10.0. The molecule has 0 saturated heterocycles. The first-order valence-corrected chi connectivity index (χ1v) is 7.99. The van der Waals surface area contributed by atoms with Crippen LogP contribution in [0.25, 0.3) is 22.0 Å². The van der Waals surface area contributed by atoms with E-state index in [9.17, 15) is 0 Å². The summed E-state index contributed by atoms with van der Waals surface area (Å²) in [7, 11) is 0. The maximum Gasteiger partial charge on any atom is 0.156 e. The summed E-state index contributed by atoms with van der Waals surface area (Å²) in [5.41, 5.74) is 2.06. The topological polar surface area (TPSA) is 37.8 Å². The second kappa shape index (κ2) is 5.76. The fourth-order valence-corrected chi connectivity index (χ4v) is 3.28. The molecule has 1 N–H and O–H groups in total. The summed E-state index contributed by atoms with van der Waals surface area (Å²) in [6.07, 6.45) is 5.09. The zero-order chi connectivity index (χ0) is 14.8. The van der Waals surface area contributed by atoms with Gasteiger partial charge in [0.15, 0.2) is 5.82 Å². The maximum atomic E-state index is 4.51. The molecule has 1 aliphatic carbocycles. The first-order chi connectivity index (χ1) is 10.9. The quantitative estimate of drug-likeness (QED) is 0.762. The van der Waals surface area contributed by atoms with Gasteiger partial charge < -0.3 is 5.32 Å². The normalized spacial score (nSPS) is 15.3. The number of aromatic nitrogens is 2. The van der Waals surface area contributed by atoms with Gasteiger partial charge in [0, 0.05) is 22.4 Å². The highest BCUT2D eigenvalue weighted by Gasteiger charge is 2.17. The van der Waals surface area contributed by atoms with Crippen LogP contribution in [0, 0.1) is 0 Å². The Bertz CT molecular complexity index is 777. The molecule has 1 saturated carbocycles. The Balaban J connectivity index is 1.81. The fourth-order valence-electron chi connectivity index (χ4n) is 3.28. The molecule has 0 bridgehead atoms. The molecule has 1 fully saturated rings. The molecule has 0 amide bonds. The third-order valence-electron chi connectivity index (χ3n) is 4.43. The van der Waals surface area contributed by atoms with Gasteiger partial charge in [-0.25, -0.2) is 0 Å². The lowest BCUT2D eigenvalue weighted by Gasteiger charge is -2.15. The number of benzene rings is 2. The SMILES string of the molecule is c1ccc(-c2nnc(NC3CCCC3)c3ccccc23)cc1. The van der Waals surface area contributed by atoms with Crippen LogP contribution in [-0.4, -0.2) is 16.2 Å². The van der Waals surface area contributed by atoms with Gasteiger partial charge in [-0.15, -0.1) is 10.2 Å². The van der Waals surface area contributed by atoms with Crippen molar-refractivity contribution in [2.75, 3.05) is 5.32 Å². The standard InChI is InChI=1S/C19H19N3/c1-2-8-14(9-3-1)18-16-12-6-7-13-17(16)19(22-21-18)20-15-10-4-5-11-15/h1-3,6-9,12-13,15H,4-5,10-11H2,(H,20,22). The Morgan fingerprint density at radius 2 is 1.45 bits per heavy atom. The van der Waals surface area contributed by atoms with E-state index < -0.39 is 0 Å². The summed E-state index contributed by atoms with van der Waals surface area (Å²) < 4.78 is 0. The van der Waals surface area contributed by atoms with Crippen LogP contribution in [0.4, 0.5) is 5.82 Å². The second-order valence-electron chi connectivity index (χ2n) is 5.93.